The average Bonchev–Trinajstić information content (AvgIpc) is 2.72. The smallest absolute Gasteiger partial charge is 0.328 e. The van der Waals surface area contributed by atoms with Crippen LogP contribution in [0.15, 0.2) is 24.3 Å². The molecule has 1 saturated carbocycles. The van der Waals surface area contributed by atoms with E-state index in [1.807, 2.05) is 18.2 Å². The highest BCUT2D eigenvalue weighted by molar-refractivity contribution is 5.86. The lowest BCUT2D eigenvalue weighted by Gasteiger charge is -2.45. The second-order valence-corrected chi connectivity index (χ2v) is 8.26. The summed E-state index contributed by atoms with van der Waals surface area (Å²) in [7, 11) is 1.41. The standard InChI is InChI=1S/C22H30N2O3/c1-27-22(26)20-13-17-8-2-3-9-18(17)14-24(20)21(25)15-23-12-6-10-16-7-4-5-11-19(16)23/h2-3,8-9,16,19-20H,4-7,10-15H2,1H3. The first-order valence-corrected chi connectivity index (χ1v) is 10.4. The molecule has 2 heterocycles. The van der Waals surface area contributed by atoms with E-state index in [0.29, 0.717) is 25.6 Å². The maximum Gasteiger partial charge on any atom is 0.328 e. The third-order valence-electron chi connectivity index (χ3n) is 6.74. The van der Waals surface area contributed by atoms with Crippen molar-refractivity contribution in [3.63, 3.8) is 0 Å². The number of fused-ring (bicyclic) bond motifs is 2. The van der Waals surface area contributed by atoms with Gasteiger partial charge >= 0.3 is 5.97 Å². The first kappa shape index (κ1) is 18.5. The zero-order valence-electron chi connectivity index (χ0n) is 16.2. The normalized spacial score (nSPS) is 28.2. The molecule has 27 heavy (non-hydrogen) atoms. The number of carbonyl (C=O) groups is 2. The van der Waals surface area contributed by atoms with Crippen LogP contribution in [0.4, 0.5) is 0 Å². The number of carbonyl (C=O) groups excluding carboxylic acids is 2. The zero-order chi connectivity index (χ0) is 18.8. The lowest BCUT2D eigenvalue weighted by atomic mass is 9.78. The number of benzene rings is 1. The summed E-state index contributed by atoms with van der Waals surface area (Å²) in [5.74, 6) is 0.497. The summed E-state index contributed by atoms with van der Waals surface area (Å²) in [5, 5.41) is 0. The lowest BCUT2D eigenvalue weighted by Crippen LogP contribution is -2.55. The number of hydrogen-bond donors (Lipinski definition) is 0. The molecule has 1 saturated heterocycles. The third kappa shape index (κ3) is 3.75. The van der Waals surface area contributed by atoms with E-state index in [9.17, 15) is 9.59 Å². The van der Waals surface area contributed by atoms with Crippen LogP contribution in [-0.2, 0) is 27.3 Å². The minimum absolute atomic E-state index is 0.0612. The van der Waals surface area contributed by atoms with Crippen LogP contribution in [0.5, 0.6) is 0 Å². The number of rotatable bonds is 3. The van der Waals surface area contributed by atoms with Gasteiger partial charge in [-0.15, -0.1) is 0 Å². The van der Waals surface area contributed by atoms with Crippen molar-refractivity contribution in [2.45, 2.75) is 63.6 Å². The topological polar surface area (TPSA) is 49.9 Å². The molecule has 5 heteroatoms. The zero-order valence-corrected chi connectivity index (χ0v) is 16.2. The molecular formula is C22H30N2O3. The fourth-order valence-corrected chi connectivity index (χ4v) is 5.32. The van der Waals surface area contributed by atoms with Crippen LogP contribution in [0.3, 0.4) is 0 Å². The van der Waals surface area contributed by atoms with Gasteiger partial charge in [-0.3, -0.25) is 9.69 Å². The molecule has 3 unspecified atom stereocenters. The Morgan fingerprint density at radius 3 is 2.63 bits per heavy atom. The quantitative estimate of drug-likeness (QED) is 0.768. The Morgan fingerprint density at radius 1 is 1.07 bits per heavy atom. The summed E-state index contributed by atoms with van der Waals surface area (Å²) in [6, 6.07) is 8.12. The number of amides is 1. The number of likely N-dealkylation sites (tertiary alicyclic amines) is 1. The summed E-state index contributed by atoms with van der Waals surface area (Å²) < 4.78 is 5.01. The Morgan fingerprint density at radius 2 is 1.81 bits per heavy atom. The van der Waals surface area contributed by atoms with Crippen LogP contribution in [0.25, 0.3) is 0 Å². The minimum Gasteiger partial charge on any atom is -0.467 e. The summed E-state index contributed by atoms with van der Waals surface area (Å²) >= 11 is 0. The van der Waals surface area contributed by atoms with Crippen LogP contribution in [-0.4, -0.2) is 54.0 Å². The van der Waals surface area contributed by atoms with Gasteiger partial charge in [-0.2, -0.15) is 0 Å². The molecule has 3 aliphatic rings. The van der Waals surface area contributed by atoms with Gasteiger partial charge in [0.1, 0.15) is 6.04 Å². The molecular weight excluding hydrogens is 340 g/mol. The van der Waals surface area contributed by atoms with Crippen molar-refractivity contribution in [3.05, 3.63) is 35.4 Å². The van der Waals surface area contributed by atoms with E-state index >= 15 is 0 Å². The number of esters is 1. The number of methoxy groups -OCH3 is 1. The number of piperidine rings is 1. The van der Waals surface area contributed by atoms with Gasteiger partial charge in [0.25, 0.3) is 0 Å². The highest BCUT2D eigenvalue weighted by Gasteiger charge is 2.38. The summed E-state index contributed by atoms with van der Waals surface area (Å²) in [6.07, 6.45) is 8.14. The fraction of sp³-hybridized carbons (Fsp3) is 0.636. The molecule has 1 aliphatic carbocycles. The van der Waals surface area contributed by atoms with E-state index in [2.05, 4.69) is 11.0 Å². The Labute approximate surface area is 161 Å². The van der Waals surface area contributed by atoms with Crippen LogP contribution < -0.4 is 0 Å². The predicted molar refractivity (Wildman–Crippen MR) is 103 cm³/mol. The second kappa shape index (κ2) is 8.01. The number of ether oxygens (including phenoxy) is 1. The molecule has 2 fully saturated rings. The molecule has 3 atom stereocenters. The maximum atomic E-state index is 13.3. The van der Waals surface area contributed by atoms with Gasteiger partial charge < -0.3 is 9.64 Å². The Kier molecular flexibility index (Phi) is 5.48. The SMILES string of the molecule is COC(=O)C1Cc2ccccc2CN1C(=O)CN1CCCC2CCCCC21. The van der Waals surface area contributed by atoms with Crippen LogP contribution in [0.1, 0.15) is 49.7 Å². The van der Waals surface area contributed by atoms with Gasteiger partial charge in [-0.25, -0.2) is 4.79 Å². The lowest BCUT2D eigenvalue weighted by molar-refractivity contribution is -0.155. The largest absolute Gasteiger partial charge is 0.467 e. The molecule has 0 radical (unpaired) electrons. The van der Waals surface area contributed by atoms with Gasteiger partial charge in [0.2, 0.25) is 5.91 Å². The maximum absolute atomic E-state index is 13.3. The Hall–Kier alpha value is -1.88. The van der Waals surface area contributed by atoms with Gasteiger partial charge in [0.05, 0.1) is 13.7 Å². The average molecular weight is 370 g/mol. The van der Waals surface area contributed by atoms with Crippen molar-refractivity contribution >= 4 is 11.9 Å². The summed E-state index contributed by atoms with van der Waals surface area (Å²) in [5.41, 5.74) is 2.28. The van der Waals surface area contributed by atoms with Crippen LogP contribution in [0.2, 0.25) is 0 Å². The Bertz CT molecular complexity index is 703. The van der Waals surface area contributed by atoms with Crippen molar-refractivity contribution in [2.75, 3.05) is 20.2 Å². The van der Waals surface area contributed by atoms with Crippen molar-refractivity contribution in [1.29, 1.82) is 0 Å². The van der Waals surface area contributed by atoms with Gasteiger partial charge in [0, 0.05) is 19.0 Å². The molecule has 146 valence electrons. The van der Waals surface area contributed by atoms with E-state index in [1.54, 1.807) is 4.90 Å². The first-order chi connectivity index (χ1) is 13.2. The van der Waals surface area contributed by atoms with E-state index in [1.165, 1.54) is 45.6 Å². The number of nitrogens with zero attached hydrogens (tertiary/aromatic N) is 2. The van der Waals surface area contributed by atoms with Crippen molar-refractivity contribution in [1.82, 2.24) is 9.80 Å². The minimum atomic E-state index is -0.510. The molecule has 0 aromatic heterocycles. The fourth-order valence-electron chi connectivity index (χ4n) is 5.32. The van der Waals surface area contributed by atoms with Crippen molar-refractivity contribution in [3.8, 4) is 0 Å². The summed E-state index contributed by atoms with van der Waals surface area (Å²) in [6.45, 7) is 1.92. The highest BCUT2D eigenvalue weighted by Crippen LogP contribution is 2.35. The molecule has 1 aromatic carbocycles. The van der Waals surface area contributed by atoms with Crippen LogP contribution >= 0.6 is 0 Å². The van der Waals surface area contributed by atoms with Crippen LogP contribution in [0, 0.1) is 5.92 Å². The van der Waals surface area contributed by atoms with Crippen molar-refractivity contribution in [2.24, 2.45) is 5.92 Å². The first-order valence-electron chi connectivity index (χ1n) is 10.4. The van der Waals surface area contributed by atoms with Gasteiger partial charge in [-0.1, -0.05) is 37.1 Å². The molecule has 0 spiro atoms. The second-order valence-electron chi connectivity index (χ2n) is 8.26. The predicted octanol–water partition coefficient (Wildman–Crippen LogP) is 2.77. The molecule has 4 rings (SSSR count). The molecule has 2 aliphatic heterocycles. The van der Waals surface area contributed by atoms with Gasteiger partial charge in [0.15, 0.2) is 0 Å². The molecule has 1 aromatic rings. The van der Waals surface area contributed by atoms with E-state index in [0.717, 1.165) is 23.6 Å². The summed E-state index contributed by atoms with van der Waals surface area (Å²) in [4.78, 5) is 29.8. The molecule has 5 nitrogen and oxygen atoms in total. The third-order valence-corrected chi connectivity index (χ3v) is 6.74. The molecule has 0 N–H and O–H groups in total. The van der Waals surface area contributed by atoms with E-state index in [4.69, 9.17) is 4.74 Å². The highest BCUT2D eigenvalue weighted by atomic mass is 16.5. The Balaban J connectivity index is 1.51. The van der Waals surface area contributed by atoms with E-state index < -0.39 is 6.04 Å². The number of hydrogen-bond acceptors (Lipinski definition) is 4. The molecule has 0 bridgehead atoms. The van der Waals surface area contributed by atoms with E-state index in [-0.39, 0.29) is 11.9 Å². The molecule has 1 amide bonds. The van der Waals surface area contributed by atoms with Gasteiger partial charge in [-0.05, 0) is 49.3 Å². The van der Waals surface area contributed by atoms with Crippen molar-refractivity contribution < 1.29 is 14.3 Å². The monoisotopic (exact) mass is 370 g/mol.